The summed E-state index contributed by atoms with van der Waals surface area (Å²) in [5.74, 6) is -0.0785. The Kier molecular flexibility index (Phi) is 8.97. The lowest BCUT2D eigenvalue weighted by molar-refractivity contribution is -0.272. The molecule has 0 amide bonds. The molecule has 1 N–H and O–H groups in total. The van der Waals surface area contributed by atoms with Gasteiger partial charge in [-0.1, -0.05) is 12.2 Å². The summed E-state index contributed by atoms with van der Waals surface area (Å²) in [7, 11) is 3.10. The molecule has 0 saturated carbocycles. The topological polar surface area (TPSA) is 54.3 Å². The van der Waals surface area contributed by atoms with Crippen LogP contribution in [0.25, 0.3) is 0 Å². The summed E-state index contributed by atoms with van der Waals surface area (Å²) in [4.78, 5) is 6.12. The molecule has 8 heteroatoms. The van der Waals surface area contributed by atoms with Gasteiger partial charge in [-0.15, -0.1) is 0 Å². The molecule has 0 aliphatic carbocycles. The number of aryl methyl sites for hydroxylation is 1. The highest BCUT2D eigenvalue weighted by molar-refractivity contribution is 5.65. The van der Waals surface area contributed by atoms with Gasteiger partial charge in [0.25, 0.3) is 0 Å². The van der Waals surface area contributed by atoms with Crippen LogP contribution in [-0.4, -0.2) is 56.4 Å². The van der Waals surface area contributed by atoms with Gasteiger partial charge in [0.05, 0.1) is 32.3 Å². The number of methoxy groups -OCH3 is 1. The van der Waals surface area contributed by atoms with E-state index in [0.29, 0.717) is 11.3 Å². The quantitative estimate of drug-likeness (QED) is 0.274. The zero-order chi connectivity index (χ0) is 21.4. The molecule has 0 aliphatic heterocycles. The van der Waals surface area contributed by atoms with E-state index < -0.39 is 18.2 Å². The number of nitrogens with zero attached hydrogens (tertiary/aromatic N) is 2. The Balaban J connectivity index is 3.29. The molecule has 0 spiro atoms. The second-order valence-electron chi connectivity index (χ2n) is 6.41. The monoisotopic (exact) mass is 402 g/mol. The second-order valence-corrected chi connectivity index (χ2v) is 6.41. The third kappa shape index (κ3) is 5.97. The van der Waals surface area contributed by atoms with Gasteiger partial charge in [0.2, 0.25) is 0 Å². The van der Waals surface area contributed by atoms with Gasteiger partial charge in [0, 0.05) is 31.6 Å². The minimum atomic E-state index is -4.90. The molecule has 0 heterocycles. The number of ether oxygens (including phenoxy) is 2. The molecular formula is C20H29F3N2O3. The van der Waals surface area contributed by atoms with E-state index in [9.17, 15) is 18.3 Å². The van der Waals surface area contributed by atoms with Crippen LogP contribution in [0.3, 0.4) is 0 Å². The van der Waals surface area contributed by atoms with Crippen LogP contribution in [0, 0.1) is 6.92 Å². The number of rotatable bonds is 10. The summed E-state index contributed by atoms with van der Waals surface area (Å²) in [5.41, 5.74) is -2.48. The van der Waals surface area contributed by atoms with Crippen LogP contribution in [0.4, 0.5) is 18.9 Å². The Labute approximate surface area is 164 Å². The first-order valence-corrected chi connectivity index (χ1v) is 9.02. The van der Waals surface area contributed by atoms with Gasteiger partial charge < -0.3 is 19.5 Å². The van der Waals surface area contributed by atoms with Gasteiger partial charge in [0.1, 0.15) is 5.75 Å². The number of hydrogen-bond acceptors (Lipinski definition) is 4. The highest BCUT2D eigenvalue weighted by atomic mass is 19.4. The third-order valence-electron chi connectivity index (χ3n) is 4.38. The summed E-state index contributed by atoms with van der Waals surface area (Å²) in [6.45, 7) is 6.03. The molecule has 0 radical (unpaired) electrons. The van der Waals surface area contributed by atoms with E-state index in [1.54, 1.807) is 32.3 Å². The van der Waals surface area contributed by atoms with Crippen molar-refractivity contribution in [2.45, 2.75) is 39.0 Å². The van der Waals surface area contributed by atoms with E-state index in [0.717, 1.165) is 6.54 Å². The van der Waals surface area contributed by atoms with Gasteiger partial charge in [-0.05, 0) is 32.4 Å². The van der Waals surface area contributed by atoms with Gasteiger partial charge in [-0.2, -0.15) is 13.2 Å². The second kappa shape index (κ2) is 10.5. The van der Waals surface area contributed by atoms with Gasteiger partial charge in [-0.3, -0.25) is 0 Å². The molecule has 1 atom stereocenters. The summed E-state index contributed by atoms with van der Waals surface area (Å²) < 4.78 is 51.7. The maximum absolute atomic E-state index is 13.8. The first kappa shape index (κ1) is 24.0. The Hall–Kier alpha value is -2.06. The summed E-state index contributed by atoms with van der Waals surface area (Å²) >= 11 is 0. The lowest BCUT2D eigenvalue weighted by atomic mass is 9.87. The van der Waals surface area contributed by atoms with Crippen molar-refractivity contribution in [2.24, 2.45) is 4.99 Å². The van der Waals surface area contributed by atoms with Crippen LogP contribution in [0.2, 0.25) is 0 Å². The molecule has 1 rings (SSSR count). The predicted molar refractivity (Wildman–Crippen MR) is 104 cm³/mol. The molecule has 0 aliphatic rings. The largest absolute Gasteiger partial charge is 0.496 e. The fourth-order valence-corrected chi connectivity index (χ4v) is 2.45. The van der Waals surface area contributed by atoms with Crippen LogP contribution >= 0.6 is 0 Å². The number of hydrogen-bond donors (Lipinski definition) is 1. The number of aliphatic imine (C=N–C) groups is 1. The number of halogens is 3. The van der Waals surface area contributed by atoms with Crippen molar-refractivity contribution < 1.29 is 27.8 Å². The Morgan fingerprint density at radius 3 is 2.50 bits per heavy atom. The molecule has 0 saturated heterocycles. The van der Waals surface area contributed by atoms with Gasteiger partial charge >= 0.3 is 6.18 Å². The first-order chi connectivity index (χ1) is 13.1. The molecule has 1 unspecified atom stereocenters. The average molecular weight is 402 g/mol. The molecule has 5 nitrogen and oxygen atoms in total. The van der Waals surface area contributed by atoms with E-state index in [1.807, 2.05) is 18.9 Å². The highest BCUT2D eigenvalue weighted by Gasteiger charge is 2.56. The fraction of sp³-hybridized carbons (Fsp3) is 0.550. The zero-order valence-electron chi connectivity index (χ0n) is 17.0. The maximum atomic E-state index is 13.8. The Bertz CT molecular complexity index is 690. The van der Waals surface area contributed by atoms with Crippen LogP contribution in [0.15, 0.2) is 29.3 Å². The number of aliphatic hydroxyl groups is 1. The van der Waals surface area contributed by atoms with E-state index in [-0.39, 0.29) is 24.5 Å². The SMILES string of the molecule is CC=CCOCCC(O)(c1cc(C)c(N=CN(C)CC)cc1OC)C(F)(F)F. The summed E-state index contributed by atoms with van der Waals surface area (Å²) in [6, 6.07) is 2.68. The number of benzene rings is 1. The van der Waals surface area contributed by atoms with Crippen LogP contribution in [0.5, 0.6) is 5.75 Å². The number of allylic oxidation sites excluding steroid dienone is 1. The number of alkyl halides is 3. The van der Waals surface area contributed by atoms with E-state index >= 15 is 0 Å². The van der Waals surface area contributed by atoms with E-state index in [4.69, 9.17) is 9.47 Å². The molecule has 1 aromatic carbocycles. The molecule has 0 bridgehead atoms. The van der Waals surface area contributed by atoms with Gasteiger partial charge in [0.15, 0.2) is 5.60 Å². The van der Waals surface area contributed by atoms with Crippen molar-refractivity contribution in [1.82, 2.24) is 4.90 Å². The lowest BCUT2D eigenvalue weighted by Gasteiger charge is -2.32. The minimum Gasteiger partial charge on any atom is -0.496 e. The van der Waals surface area contributed by atoms with Crippen molar-refractivity contribution >= 4 is 12.0 Å². The molecule has 0 fully saturated rings. The first-order valence-electron chi connectivity index (χ1n) is 9.02. The third-order valence-corrected chi connectivity index (χ3v) is 4.38. The normalized spacial score (nSPS) is 14.6. The summed E-state index contributed by atoms with van der Waals surface area (Å²) in [6.07, 6.45) is -0.545. The average Bonchev–Trinajstić information content (AvgIpc) is 2.65. The molecule has 0 aromatic heterocycles. The fourth-order valence-electron chi connectivity index (χ4n) is 2.45. The Morgan fingerprint density at radius 2 is 1.96 bits per heavy atom. The van der Waals surface area contributed by atoms with Crippen molar-refractivity contribution in [3.63, 3.8) is 0 Å². The lowest BCUT2D eigenvalue weighted by Crippen LogP contribution is -2.43. The van der Waals surface area contributed by atoms with Crippen molar-refractivity contribution in [1.29, 1.82) is 0 Å². The zero-order valence-corrected chi connectivity index (χ0v) is 17.0. The summed E-state index contributed by atoms with van der Waals surface area (Å²) in [5, 5.41) is 10.6. The van der Waals surface area contributed by atoms with Crippen LogP contribution < -0.4 is 4.74 Å². The van der Waals surface area contributed by atoms with Crippen molar-refractivity contribution in [2.75, 3.05) is 33.9 Å². The Morgan fingerprint density at radius 1 is 1.29 bits per heavy atom. The molecule has 158 valence electrons. The van der Waals surface area contributed by atoms with Crippen molar-refractivity contribution in [3.05, 3.63) is 35.4 Å². The molecule has 1 aromatic rings. The molecular weight excluding hydrogens is 373 g/mol. The highest BCUT2D eigenvalue weighted by Crippen LogP contribution is 2.46. The van der Waals surface area contributed by atoms with Crippen molar-refractivity contribution in [3.8, 4) is 5.75 Å². The standard InChI is InChI=1S/C20H29F3N2O3/c1-6-8-10-28-11-9-19(26,20(21,22)23)16-12-15(3)17(13-18(16)27-5)24-14-25(4)7-2/h6,8,12-14,26H,7,9-11H2,1-5H3. The molecule has 28 heavy (non-hydrogen) atoms. The smallest absolute Gasteiger partial charge is 0.421 e. The van der Waals surface area contributed by atoms with E-state index in [1.165, 1.54) is 19.2 Å². The van der Waals surface area contributed by atoms with Crippen LogP contribution in [0.1, 0.15) is 31.4 Å². The van der Waals surface area contributed by atoms with Crippen LogP contribution in [-0.2, 0) is 10.3 Å². The minimum absolute atomic E-state index is 0.0785. The predicted octanol–water partition coefficient (Wildman–Crippen LogP) is 4.35. The van der Waals surface area contributed by atoms with Gasteiger partial charge in [-0.25, -0.2) is 4.99 Å². The maximum Gasteiger partial charge on any atom is 0.421 e. The van der Waals surface area contributed by atoms with E-state index in [2.05, 4.69) is 4.99 Å².